The molecule has 0 spiro atoms. The van der Waals surface area contributed by atoms with E-state index >= 15 is 0 Å². The molecule has 1 saturated heterocycles. The summed E-state index contributed by atoms with van der Waals surface area (Å²) in [6, 6.07) is 14.8. The van der Waals surface area contributed by atoms with Crippen molar-refractivity contribution in [2.75, 3.05) is 18.8 Å². The summed E-state index contributed by atoms with van der Waals surface area (Å²) in [5, 5.41) is 9.64. The summed E-state index contributed by atoms with van der Waals surface area (Å²) in [5.74, 6) is 0.219. The van der Waals surface area contributed by atoms with Crippen LogP contribution < -0.4 is 5.73 Å². The van der Waals surface area contributed by atoms with Gasteiger partial charge in [-0.3, -0.25) is 4.79 Å². The van der Waals surface area contributed by atoms with Crippen LogP contribution in [0.25, 0.3) is 0 Å². The van der Waals surface area contributed by atoms with Crippen molar-refractivity contribution in [1.82, 2.24) is 4.90 Å². The first-order valence-electron chi connectivity index (χ1n) is 7.81. The molecule has 1 atom stereocenters. The number of carbonyl (C=O) groups is 1. The molecular formula is C19H22N2O2. The van der Waals surface area contributed by atoms with Gasteiger partial charge in [-0.15, -0.1) is 0 Å². The van der Waals surface area contributed by atoms with E-state index in [0.29, 0.717) is 24.3 Å². The van der Waals surface area contributed by atoms with E-state index in [1.165, 1.54) is 17.7 Å². The minimum absolute atomic E-state index is 0.0113. The minimum Gasteiger partial charge on any atom is -0.508 e. The molecule has 2 aromatic carbocycles. The molecule has 3 rings (SSSR count). The van der Waals surface area contributed by atoms with Crippen molar-refractivity contribution in [3.05, 3.63) is 59.7 Å². The first-order valence-corrected chi connectivity index (χ1v) is 7.81. The number of nitrogens with two attached hydrogens (primary N) is 1. The van der Waals surface area contributed by atoms with Crippen LogP contribution in [0.2, 0.25) is 0 Å². The summed E-state index contributed by atoms with van der Waals surface area (Å²) >= 11 is 0. The lowest BCUT2D eigenvalue weighted by Gasteiger charge is -2.25. The number of hydrogen-bond acceptors (Lipinski definition) is 3. The van der Waals surface area contributed by atoms with E-state index in [2.05, 4.69) is 26.0 Å². The number of rotatable bonds is 2. The Balaban J connectivity index is 1.88. The van der Waals surface area contributed by atoms with Gasteiger partial charge in [0.15, 0.2) is 0 Å². The highest BCUT2D eigenvalue weighted by atomic mass is 16.3. The SMILES string of the molecule is CC1(C)CN(C(=O)c2cc(O)ccc2N)C[C@@H]1c1ccccc1. The molecule has 1 aliphatic heterocycles. The van der Waals surface area contributed by atoms with Crippen LogP contribution in [0, 0.1) is 5.41 Å². The lowest BCUT2D eigenvalue weighted by molar-refractivity contribution is 0.0778. The molecule has 2 aromatic rings. The topological polar surface area (TPSA) is 66.6 Å². The third kappa shape index (κ3) is 2.89. The number of aromatic hydroxyl groups is 1. The Morgan fingerprint density at radius 2 is 1.91 bits per heavy atom. The van der Waals surface area contributed by atoms with Gasteiger partial charge in [0.1, 0.15) is 5.75 Å². The van der Waals surface area contributed by atoms with Gasteiger partial charge < -0.3 is 15.7 Å². The maximum absolute atomic E-state index is 12.8. The van der Waals surface area contributed by atoms with Crippen molar-refractivity contribution < 1.29 is 9.90 Å². The molecule has 1 heterocycles. The monoisotopic (exact) mass is 310 g/mol. The average molecular weight is 310 g/mol. The van der Waals surface area contributed by atoms with Crippen LogP contribution >= 0.6 is 0 Å². The molecule has 120 valence electrons. The summed E-state index contributed by atoms with van der Waals surface area (Å²) in [6.07, 6.45) is 0. The van der Waals surface area contributed by atoms with Crippen molar-refractivity contribution in [1.29, 1.82) is 0 Å². The van der Waals surface area contributed by atoms with Crippen molar-refractivity contribution in [2.24, 2.45) is 5.41 Å². The third-order valence-electron chi connectivity index (χ3n) is 4.70. The molecule has 0 unspecified atom stereocenters. The predicted molar refractivity (Wildman–Crippen MR) is 91.4 cm³/mol. The number of nitrogen functional groups attached to an aromatic ring is 1. The fourth-order valence-electron chi connectivity index (χ4n) is 3.43. The highest BCUT2D eigenvalue weighted by molar-refractivity contribution is 5.99. The molecular weight excluding hydrogens is 288 g/mol. The zero-order valence-electron chi connectivity index (χ0n) is 13.5. The summed E-state index contributed by atoms with van der Waals surface area (Å²) in [6.45, 7) is 5.69. The van der Waals surface area contributed by atoms with Crippen LogP contribution in [0.5, 0.6) is 5.75 Å². The molecule has 3 N–H and O–H groups in total. The molecule has 1 fully saturated rings. The number of phenols is 1. The normalized spacial score (nSPS) is 19.7. The Hall–Kier alpha value is -2.49. The lowest BCUT2D eigenvalue weighted by atomic mass is 9.78. The van der Waals surface area contributed by atoms with Crippen LogP contribution in [0.3, 0.4) is 0 Å². The fourth-order valence-corrected chi connectivity index (χ4v) is 3.43. The molecule has 4 nitrogen and oxygen atoms in total. The van der Waals surface area contributed by atoms with Gasteiger partial charge in [-0.25, -0.2) is 0 Å². The van der Waals surface area contributed by atoms with E-state index < -0.39 is 0 Å². The molecule has 0 saturated carbocycles. The van der Waals surface area contributed by atoms with E-state index in [0.717, 1.165) is 0 Å². The minimum atomic E-state index is -0.120. The number of nitrogens with zero attached hydrogens (tertiary/aromatic N) is 1. The number of amides is 1. The standard InChI is InChI=1S/C19H22N2O2/c1-19(2)12-21(11-16(19)13-6-4-3-5-7-13)18(23)15-10-14(22)8-9-17(15)20/h3-10,16,22H,11-12,20H2,1-2H3/t16-/m1/s1. The maximum atomic E-state index is 12.8. The number of hydrogen-bond donors (Lipinski definition) is 2. The van der Waals surface area contributed by atoms with E-state index in [4.69, 9.17) is 5.73 Å². The first kappa shape index (κ1) is 15.4. The number of anilines is 1. The van der Waals surface area contributed by atoms with E-state index in [1.807, 2.05) is 23.1 Å². The highest BCUT2D eigenvalue weighted by Gasteiger charge is 2.42. The molecule has 1 amide bonds. The van der Waals surface area contributed by atoms with Crippen LogP contribution in [0.1, 0.15) is 35.7 Å². The summed E-state index contributed by atoms with van der Waals surface area (Å²) in [5.41, 5.74) is 7.92. The van der Waals surface area contributed by atoms with Gasteiger partial charge in [-0.05, 0) is 29.2 Å². The van der Waals surface area contributed by atoms with E-state index in [-0.39, 0.29) is 23.0 Å². The third-order valence-corrected chi connectivity index (χ3v) is 4.70. The molecule has 0 bridgehead atoms. The number of phenolic OH excluding ortho intramolecular Hbond substituents is 1. The van der Waals surface area contributed by atoms with Crippen LogP contribution in [0.15, 0.2) is 48.5 Å². The zero-order chi connectivity index (χ0) is 16.6. The molecule has 23 heavy (non-hydrogen) atoms. The Labute approximate surface area is 136 Å². The molecule has 0 aromatic heterocycles. The Morgan fingerprint density at radius 3 is 2.61 bits per heavy atom. The van der Waals surface area contributed by atoms with Crippen molar-refractivity contribution in [3.8, 4) is 5.75 Å². The zero-order valence-corrected chi connectivity index (χ0v) is 13.5. The van der Waals surface area contributed by atoms with Gasteiger partial charge in [-0.2, -0.15) is 0 Å². The second kappa shape index (κ2) is 5.61. The second-order valence-electron chi connectivity index (χ2n) is 6.91. The predicted octanol–water partition coefficient (Wildman–Crippen LogP) is 3.24. The lowest BCUT2D eigenvalue weighted by Crippen LogP contribution is -2.30. The Morgan fingerprint density at radius 1 is 1.22 bits per heavy atom. The first-order chi connectivity index (χ1) is 10.9. The highest BCUT2D eigenvalue weighted by Crippen LogP contribution is 2.42. The number of likely N-dealkylation sites (tertiary alicyclic amines) is 1. The molecule has 1 aliphatic rings. The van der Waals surface area contributed by atoms with Crippen LogP contribution in [-0.4, -0.2) is 29.0 Å². The largest absolute Gasteiger partial charge is 0.508 e. The van der Waals surface area contributed by atoms with Gasteiger partial charge >= 0.3 is 0 Å². The van der Waals surface area contributed by atoms with Gasteiger partial charge in [0.25, 0.3) is 5.91 Å². The van der Waals surface area contributed by atoms with Crippen LogP contribution in [0.4, 0.5) is 5.69 Å². The molecule has 0 radical (unpaired) electrons. The van der Waals surface area contributed by atoms with Gasteiger partial charge in [0.05, 0.1) is 5.56 Å². The number of benzene rings is 2. The van der Waals surface area contributed by atoms with Crippen molar-refractivity contribution in [3.63, 3.8) is 0 Å². The smallest absolute Gasteiger partial charge is 0.256 e. The van der Waals surface area contributed by atoms with E-state index in [1.54, 1.807) is 6.07 Å². The van der Waals surface area contributed by atoms with Crippen molar-refractivity contribution >= 4 is 11.6 Å². The van der Waals surface area contributed by atoms with Crippen molar-refractivity contribution in [2.45, 2.75) is 19.8 Å². The molecule has 0 aliphatic carbocycles. The average Bonchev–Trinajstić information content (AvgIpc) is 2.85. The summed E-state index contributed by atoms with van der Waals surface area (Å²) in [4.78, 5) is 14.7. The molecule has 4 heteroatoms. The van der Waals surface area contributed by atoms with Gasteiger partial charge in [0.2, 0.25) is 0 Å². The van der Waals surface area contributed by atoms with Crippen LogP contribution in [-0.2, 0) is 0 Å². The second-order valence-corrected chi connectivity index (χ2v) is 6.91. The number of carbonyl (C=O) groups excluding carboxylic acids is 1. The Kier molecular flexibility index (Phi) is 3.76. The Bertz CT molecular complexity index is 725. The van der Waals surface area contributed by atoms with Gasteiger partial charge in [0, 0.05) is 24.7 Å². The quantitative estimate of drug-likeness (QED) is 0.661. The summed E-state index contributed by atoms with van der Waals surface area (Å²) in [7, 11) is 0. The summed E-state index contributed by atoms with van der Waals surface area (Å²) < 4.78 is 0. The fraction of sp³-hybridized carbons (Fsp3) is 0.316. The van der Waals surface area contributed by atoms with E-state index in [9.17, 15) is 9.90 Å². The van der Waals surface area contributed by atoms with Gasteiger partial charge in [-0.1, -0.05) is 44.2 Å². The maximum Gasteiger partial charge on any atom is 0.256 e.